The van der Waals surface area contributed by atoms with Crippen molar-refractivity contribution in [2.24, 2.45) is 0 Å². The SMILES string of the molecule is OC1CCC(c2nc(C3CCCCC3)cs2)CC1. The van der Waals surface area contributed by atoms with E-state index >= 15 is 0 Å². The highest BCUT2D eigenvalue weighted by Gasteiger charge is 2.25. The van der Waals surface area contributed by atoms with Gasteiger partial charge in [-0.15, -0.1) is 11.3 Å². The molecule has 3 heteroatoms. The maximum atomic E-state index is 9.57. The third-order valence-corrected chi connectivity index (χ3v) is 5.63. The van der Waals surface area contributed by atoms with Crippen molar-refractivity contribution in [3.63, 3.8) is 0 Å². The smallest absolute Gasteiger partial charge is 0.0959 e. The molecule has 0 unspecified atom stereocenters. The normalized spacial score (nSPS) is 30.5. The van der Waals surface area contributed by atoms with Crippen LogP contribution in [0, 0.1) is 0 Å². The van der Waals surface area contributed by atoms with Crippen LogP contribution in [0.25, 0.3) is 0 Å². The molecule has 0 bridgehead atoms. The summed E-state index contributed by atoms with van der Waals surface area (Å²) in [5.74, 6) is 1.36. The third-order valence-electron chi connectivity index (χ3n) is 4.61. The molecule has 2 aliphatic rings. The number of aliphatic hydroxyl groups is 1. The first kappa shape index (κ1) is 12.6. The van der Waals surface area contributed by atoms with Gasteiger partial charge in [-0.25, -0.2) is 4.98 Å². The topological polar surface area (TPSA) is 33.1 Å². The Labute approximate surface area is 113 Å². The summed E-state index contributed by atoms with van der Waals surface area (Å²) in [4.78, 5) is 4.92. The molecular formula is C15H23NOS. The lowest BCUT2D eigenvalue weighted by Crippen LogP contribution is -2.17. The fourth-order valence-corrected chi connectivity index (χ4v) is 4.47. The van der Waals surface area contributed by atoms with Crippen molar-refractivity contribution in [2.75, 3.05) is 0 Å². The summed E-state index contributed by atoms with van der Waals surface area (Å²) in [7, 11) is 0. The number of thiazole rings is 1. The van der Waals surface area contributed by atoms with Crippen molar-refractivity contribution >= 4 is 11.3 Å². The molecule has 1 heterocycles. The first-order chi connectivity index (χ1) is 8.83. The predicted octanol–water partition coefficient (Wildman–Crippen LogP) is 4.21. The third kappa shape index (κ3) is 2.77. The van der Waals surface area contributed by atoms with E-state index in [0.29, 0.717) is 5.92 Å². The summed E-state index contributed by atoms with van der Waals surface area (Å²) in [6, 6.07) is 0. The zero-order chi connectivity index (χ0) is 12.4. The van der Waals surface area contributed by atoms with Gasteiger partial charge in [0.05, 0.1) is 16.8 Å². The van der Waals surface area contributed by atoms with E-state index in [1.54, 1.807) is 0 Å². The molecule has 2 saturated carbocycles. The van der Waals surface area contributed by atoms with Crippen LogP contribution in [-0.2, 0) is 0 Å². The van der Waals surface area contributed by atoms with Crippen molar-refractivity contribution in [3.8, 4) is 0 Å². The maximum absolute atomic E-state index is 9.57. The van der Waals surface area contributed by atoms with Crippen LogP contribution in [0.1, 0.15) is 80.3 Å². The zero-order valence-corrected chi connectivity index (χ0v) is 11.8. The lowest BCUT2D eigenvalue weighted by molar-refractivity contribution is 0.122. The molecule has 1 aromatic rings. The fraction of sp³-hybridized carbons (Fsp3) is 0.800. The van der Waals surface area contributed by atoms with E-state index in [0.717, 1.165) is 31.6 Å². The summed E-state index contributed by atoms with van der Waals surface area (Å²) in [6.07, 6.45) is 11.0. The highest BCUT2D eigenvalue weighted by Crippen LogP contribution is 2.38. The van der Waals surface area contributed by atoms with Crippen LogP contribution in [0.2, 0.25) is 0 Å². The summed E-state index contributed by atoms with van der Waals surface area (Å²) >= 11 is 1.86. The Morgan fingerprint density at radius 2 is 1.67 bits per heavy atom. The van der Waals surface area contributed by atoms with Crippen molar-refractivity contribution < 1.29 is 5.11 Å². The van der Waals surface area contributed by atoms with Gasteiger partial charge in [0.1, 0.15) is 0 Å². The average Bonchev–Trinajstić information content (AvgIpc) is 2.90. The van der Waals surface area contributed by atoms with Crippen LogP contribution in [-0.4, -0.2) is 16.2 Å². The molecule has 1 aromatic heterocycles. The standard InChI is InChI=1S/C15H23NOS/c17-13-8-6-12(7-9-13)15-16-14(10-18-15)11-4-2-1-3-5-11/h10-13,17H,1-9H2. The molecular weight excluding hydrogens is 242 g/mol. The van der Waals surface area contributed by atoms with E-state index in [4.69, 9.17) is 4.98 Å². The largest absolute Gasteiger partial charge is 0.393 e. The second kappa shape index (κ2) is 5.70. The lowest BCUT2D eigenvalue weighted by Gasteiger charge is -2.24. The van der Waals surface area contributed by atoms with E-state index in [9.17, 15) is 5.11 Å². The molecule has 0 aromatic carbocycles. The molecule has 100 valence electrons. The van der Waals surface area contributed by atoms with E-state index in [-0.39, 0.29) is 6.10 Å². The van der Waals surface area contributed by atoms with E-state index in [1.807, 2.05) is 11.3 Å². The van der Waals surface area contributed by atoms with Crippen molar-refractivity contribution in [1.82, 2.24) is 4.98 Å². The minimum Gasteiger partial charge on any atom is -0.393 e. The molecule has 2 aliphatic carbocycles. The number of nitrogens with zero attached hydrogens (tertiary/aromatic N) is 1. The zero-order valence-electron chi connectivity index (χ0n) is 11.0. The van der Waals surface area contributed by atoms with Gasteiger partial charge in [-0.1, -0.05) is 19.3 Å². The van der Waals surface area contributed by atoms with Crippen molar-refractivity contribution in [1.29, 1.82) is 0 Å². The Balaban J connectivity index is 1.65. The van der Waals surface area contributed by atoms with Gasteiger partial charge in [0.15, 0.2) is 0 Å². The van der Waals surface area contributed by atoms with E-state index < -0.39 is 0 Å². The molecule has 0 atom stereocenters. The molecule has 0 radical (unpaired) electrons. The Morgan fingerprint density at radius 3 is 2.39 bits per heavy atom. The van der Waals surface area contributed by atoms with Gasteiger partial charge in [0.2, 0.25) is 0 Å². The quantitative estimate of drug-likeness (QED) is 0.869. The molecule has 1 N–H and O–H groups in total. The van der Waals surface area contributed by atoms with Gasteiger partial charge in [-0.2, -0.15) is 0 Å². The molecule has 0 saturated heterocycles. The van der Waals surface area contributed by atoms with Gasteiger partial charge in [0, 0.05) is 17.2 Å². The van der Waals surface area contributed by atoms with E-state index in [1.165, 1.54) is 42.8 Å². The van der Waals surface area contributed by atoms with Gasteiger partial charge >= 0.3 is 0 Å². The predicted molar refractivity (Wildman–Crippen MR) is 75.2 cm³/mol. The van der Waals surface area contributed by atoms with Crippen LogP contribution in [0.5, 0.6) is 0 Å². The Bertz CT molecular complexity index is 376. The molecule has 2 nitrogen and oxygen atoms in total. The summed E-state index contributed by atoms with van der Waals surface area (Å²) in [6.45, 7) is 0. The Morgan fingerprint density at radius 1 is 0.944 bits per heavy atom. The molecule has 18 heavy (non-hydrogen) atoms. The number of aliphatic hydroxyl groups excluding tert-OH is 1. The summed E-state index contributed by atoms with van der Waals surface area (Å²) < 4.78 is 0. The second-order valence-electron chi connectivity index (χ2n) is 5.95. The average molecular weight is 265 g/mol. The van der Waals surface area contributed by atoms with Crippen molar-refractivity contribution in [3.05, 3.63) is 16.1 Å². The van der Waals surface area contributed by atoms with Crippen LogP contribution in [0.3, 0.4) is 0 Å². The Hall–Kier alpha value is -0.410. The first-order valence-corrected chi connectivity index (χ1v) is 8.34. The molecule has 0 amide bonds. The summed E-state index contributed by atoms with van der Waals surface area (Å²) in [5.41, 5.74) is 1.36. The number of aromatic nitrogens is 1. The van der Waals surface area contributed by atoms with Crippen LogP contribution in [0.4, 0.5) is 0 Å². The minimum absolute atomic E-state index is 0.0565. The minimum atomic E-state index is -0.0565. The first-order valence-electron chi connectivity index (χ1n) is 7.46. The van der Waals surface area contributed by atoms with Gasteiger partial charge in [-0.3, -0.25) is 0 Å². The molecule has 0 spiro atoms. The van der Waals surface area contributed by atoms with Crippen molar-refractivity contribution in [2.45, 2.75) is 75.7 Å². The summed E-state index contributed by atoms with van der Waals surface area (Å²) in [5, 5.41) is 13.2. The van der Waals surface area contributed by atoms with E-state index in [2.05, 4.69) is 5.38 Å². The monoisotopic (exact) mass is 265 g/mol. The van der Waals surface area contributed by atoms with Gasteiger partial charge in [-0.05, 0) is 38.5 Å². The number of hydrogen-bond donors (Lipinski definition) is 1. The maximum Gasteiger partial charge on any atom is 0.0959 e. The van der Waals surface area contributed by atoms with Crippen LogP contribution in [0.15, 0.2) is 5.38 Å². The highest BCUT2D eigenvalue weighted by atomic mass is 32.1. The number of rotatable bonds is 2. The van der Waals surface area contributed by atoms with Crippen LogP contribution < -0.4 is 0 Å². The lowest BCUT2D eigenvalue weighted by atomic mass is 9.86. The number of hydrogen-bond acceptors (Lipinski definition) is 3. The van der Waals surface area contributed by atoms with Crippen LogP contribution >= 0.6 is 11.3 Å². The second-order valence-corrected chi connectivity index (χ2v) is 6.84. The van der Waals surface area contributed by atoms with Gasteiger partial charge < -0.3 is 5.11 Å². The highest BCUT2D eigenvalue weighted by molar-refractivity contribution is 7.09. The Kier molecular flexibility index (Phi) is 4.00. The van der Waals surface area contributed by atoms with Gasteiger partial charge in [0.25, 0.3) is 0 Å². The molecule has 0 aliphatic heterocycles. The molecule has 3 rings (SSSR count). The fourth-order valence-electron chi connectivity index (χ4n) is 3.40. The molecule has 2 fully saturated rings.